The number of carbonyl (C=O) groups is 1. The number of azo groups is 1. The summed E-state index contributed by atoms with van der Waals surface area (Å²) in [7, 11) is -2.04. The normalized spacial score (nSPS) is 12.0. The number of amides is 1. The Morgan fingerprint density at radius 3 is 2.48 bits per heavy atom. The Kier molecular flexibility index (Phi) is 5.43. The van der Waals surface area contributed by atoms with Gasteiger partial charge in [0.2, 0.25) is 15.9 Å². The SMILES string of the molecule is Cc1ccc(N(CC(=O)N=Nc2c(O)n(C)c3ccccc23)S(C)(=O)=O)cc1C. The van der Waals surface area contributed by atoms with Gasteiger partial charge in [-0.1, -0.05) is 24.3 Å². The number of sulfonamides is 1. The first-order chi connectivity index (χ1) is 13.6. The number of aromatic hydroxyl groups is 1. The summed E-state index contributed by atoms with van der Waals surface area (Å²) in [6.07, 6.45) is 1.03. The van der Waals surface area contributed by atoms with Gasteiger partial charge in [-0.2, -0.15) is 0 Å². The molecule has 2 aromatic carbocycles. The summed E-state index contributed by atoms with van der Waals surface area (Å²) >= 11 is 0. The predicted molar refractivity (Wildman–Crippen MR) is 112 cm³/mol. The largest absolute Gasteiger partial charge is 0.493 e. The van der Waals surface area contributed by atoms with Crippen LogP contribution in [0, 0.1) is 13.8 Å². The van der Waals surface area contributed by atoms with Gasteiger partial charge in [0.05, 0.1) is 17.5 Å². The van der Waals surface area contributed by atoms with Crippen molar-refractivity contribution in [3.8, 4) is 5.88 Å². The minimum atomic E-state index is -3.71. The van der Waals surface area contributed by atoms with E-state index in [1.54, 1.807) is 43.4 Å². The van der Waals surface area contributed by atoms with Gasteiger partial charge in [-0.15, -0.1) is 10.2 Å². The number of anilines is 1. The maximum Gasteiger partial charge on any atom is 0.285 e. The summed E-state index contributed by atoms with van der Waals surface area (Å²) in [4.78, 5) is 12.4. The minimum Gasteiger partial charge on any atom is -0.493 e. The first kappa shape index (κ1) is 20.5. The van der Waals surface area contributed by atoms with E-state index in [1.165, 1.54) is 4.57 Å². The summed E-state index contributed by atoms with van der Waals surface area (Å²) in [6.45, 7) is 3.29. The number of nitrogens with zero attached hydrogens (tertiary/aromatic N) is 4. The van der Waals surface area contributed by atoms with E-state index >= 15 is 0 Å². The van der Waals surface area contributed by atoms with Gasteiger partial charge in [0.25, 0.3) is 5.91 Å². The summed E-state index contributed by atoms with van der Waals surface area (Å²) in [5.41, 5.74) is 3.20. The molecular weight excluding hydrogens is 392 g/mol. The number of benzene rings is 2. The van der Waals surface area contributed by atoms with Crippen LogP contribution in [0.15, 0.2) is 52.7 Å². The second-order valence-corrected chi connectivity index (χ2v) is 8.79. The average Bonchev–Trinajstić information content (AvgIpc) is 2.90. The van der Waals surface area contributed by atoms with Crippen LogP contribution in [0.3, 0.4) is 0 Å². The number of carbonyl (C=O) groups excluding carboxylic acids is 1. The van der Waals surface area contributed by atoms with Crippen LogP contribution in [-0.2, 0) is 21.9 Å². The van der Waals surface area contributed by atoms with E-state index in [2.05, 4.69) is 10.2 Å². The van der Waals surface area contributed by atoms with Crippen LogP contribution in [0.25, 0.3) is 10.9 Å². The second kappa shape index (κ2) is 7.67. The fraction of sp³-hybridized carbons (Fsp3) is 0.250. The number of fused-ring (bicyclic) bond motifs is 1. The summed E-state index contributed by atoms with van der Waals surface area (Å²) < 4.78 is 27.0. The van der Waals surface area contributed by atoms with Crippen molar-refractivity contribution < 1.29 is 18.3 Å². The van der Waals surface area contributed by atoms with E-state index in [0.717, 1.165) is 27.2 Å². The highest BCUT2D eigenvalue weighted by atomic mass is 32.2. The zero-order valence-electron chi connectivity index (χ0n) is 16.6. The van der Waals surface area contributed by atoms with Crippen LogP contribution < -0.4 is 4.31 Å². The molecule has 0 spiro atoms. The molecule has 0 unspecified atom stereocenters. The highest BCUT2D eigenvalue weighted by Gasteiger charge is 2.22. The summed E-state index contributed by atoms with van der Waals surface area (Å²) in [5.74, 6) is -0.877. The van der Waals surface area contributed by atoms with Gasteiger partial charge >= 0.3 is 0 Å². The quantitative estimate of drug-likeness (QED) is 0.644. The van der Waals surface area contributed by atoms with Crippen LogP contribution in [0.4, 0.5) is 11.4 Å². The van der Waals surface area contributed by atoms with Crippen molar-refractivity contribution in [1.29, 1.82) is 0 Å². The second-order valence-electron chi connectivity index (χ2n) is 6.88. The maximum atomic E-state index is 12.4. The van der Waals surface area contributed by atoms with Crippen LogP contribution in [0.1, 0.15) is 11.1 Å². The molecule has 8 nitrogen and oxygen atoms in total. The molecule has 0 aliphatic carbocycles. The first-order valence-corrected chi connectivity index (χ1v) is 10.7. The van der Waals surface area contributed by atoms with E-state index in [1.807, 2.05) is 19.9 Å². The Balaban J connectivity index is 1.90. The summed E-state index contributed by atoms with van der Waals surface area (Å²) in [6, 6.07) is 12.3. The smallest absolute Gasteiger partial charge is 0.285 e. The lowest BCUT2D eigenvalue weighted by Crippen LogP contribution is -2.34. The van der Waals surface area contributed by atoms with Gasteiger partial charge in [0.1, 0.15) is 6.54 Å². The number of hydrogen-bond donors (Lipinski definition) is 1. The lowest BCUT2D eigenvalue weighted by molar-refractivity contribution is -0.116. The molecule has 1 amide bonds. The third-order valence-corrected chi connectivity index (χ3v) is 5.91. The lowest BCUT2D eigenvalue weighted by Gasteiger charge is -2.21. The highest BCUT2D eigenvalue weighted by molar-refractivity contribution is 7.92. The van der Waals surface area contributed by atoms with Crippen LogP contribution >= 0.6 is 0 Å². The molecule has 0 fully saturated rings. The van der Waals surface area contributed by atoms with E-state index < -0.39 is 22.5 Å². The minimum absolute atomic E-state index is 0.128. The van der Waals surface area contributed by atoms with E-state index in [4.69, 9.17) is 0 Å². The van der Waals surface area contributed by atoms with E-state index in [0.29, 0.717) is 11.1 Å². The fourth-order valence-electron chi connectivity index (χ4n) is 3.00. The van der Waals surface area contributed by atoms with E-state index in [9.17, 15) is 18.3 Å². The number of aromatic nitrogens is 1. The van der Waals surface area contributed by atoms with Crippen molar-refractivity contribution >= 4 is 38.2 Å². The Morgan fingerprint density at radius 2 is 1.83 bits per heavy atom. The van der Waals surface area contributed by atoms with Gasteiger partial charge in [-0.05, 0) is 43.2 Å². The van der Waals surface area contributed by atoms with Crippen LogP contribution in [0.5, 0.6) is 5.88 Å². The predicted octanol–water partition coefficient (Wildman–Crippen LogP) is 3.58. The molecule has 3 aromatic rings. The lowest BCUT2D eigenvalue weighted by atomic mass is 10.1. The van der Waals surface area contributed by atoms with Gasteiger partial charge in [0, 0.05) is 12.4 Å². The molecule has 0 bridgehead atoms. The number of rotatable bonds is 5. The standard InChI is InChI=1S/C20H22N4O4S/c1-13-9-10-15(11-14(13)2)24(29(4,27)28)12-18(25)21-22-19-16-7-5-6-8-17(16)23(3)20(19)26/h5-11,26H,12H2,1-4H3. The van der Waals surface area contributed by atoms with Crippen molar-refractivity contribution in [3.05, 3.63) is 53.6 Å². The van der Waals surface area contributed by atoms with Crippen molar-refractivity contribution in [2.75, 3.05) is 17.1 Å². The molecule has 1 aromatic heterocycles. The number of aryl methyl sites for hydroxylation is 3. The molecule has 0 aliphatic heterocycles. The molecule has 0 saturated heterocycles. The molecule has 0 atom stereocenters. The Morgan fingerprint density at radius 1 is 1.14 bits per heavy atom. The molecule has 1 heterocycles. The Hall–Kier alpha value is -3.20. The zero-order valence-corrected chi connectivity index (χ0v) is 17.4. The van der Waals surface area contributed by atoms with Crippen molar-refractivity contribution in [3.63, 3.8) is 0 Å². The fourth-order valence-corrected chi connectivity index (χ4v) is 3.84. The van der Waals surface area contributed by atoms with Gasteiger partial charge in [0.15, 0.2) is 5.69 Å². The topological polar surface area (TPSA) is 104 Å². The van der Waals surface area contributed by atoms with E-state index in [-0.39, 0.29) is 11.6 Å². The molecule has 9 heteroatoms. The van der Waals surface area contributed by atoms with Crippen LogP contribution in [-0.4, -0.2) is 36.8 Å². The molecule has 0 radical (unpaired) electrons. The van der Waals surface area contributed by atoms with Gasteiger partial charge in [-0.3, -0.25) is 9.10 Å². The number of para-hydroxylation sites is 1. The Bertz CT molecular complexity index is 1230. The van der Waals surface area contributed by atoms with Crippen molar-refractivity contribution in [1.82, 2.24) is 4.57 Å². The third kappa shape index (κ3) is 4.14. The van der Waals surface area contributed by atoms with Crippen molar-refractivity contribution in [2.24, 2.45) is 17.3 Å². The third-order valence-electron chi connectivity index (χ3n) is 4.77. The molecule has 29 heavy (non-hydrogen) atoms. The van der Waals surface area contributed by atoms with Gasteiger partial charge < -0.3 is 9.67 Å². The molecule has 1 N–H and O–H groups in total. The van der Waals surface area contributed by atoms with Gasteiger partial charge in [-0.25, -0.2) is 8.42 Å². The van der Waals surface area contributed by atoms with Crippen molar-refractivity contribution in [2.45, 2.75) is 13.8 Å². The monoisotopic (exact) mass is 414 g/mol. The summed E-state index contributed by atoms with van der Waals surface area (Å²) in [5, 5.41) is 18.5. The molecular formula is C20H22N4O4S. The first-order valence-electron chi connectivity index (χ1n) is 8.85. The molecule has 152 valence electrons. The zero-order chi connectivity index (χ0) is 21.3. The Labute approximate surface area is 169 Å². The highest BCUT2D eigenvalue weighted by Crippen LogP contribution is 2.37. The number of hydrogen-bond acceptors (Lipinski definition) is 5. The average molecular weight is 414 g/mol. The maximum absolute atomic E-state index is 12.4. The van der Waals surface area contributed by atoms with Crippen LogP contribution in [0.2, 0.25) is 0 Å². The molecule has 0 aliphatic rings. The molecule has 0 saturated carbocycles. The molecule has 3 rings (SSSR count).